The van der Waals surface area contributed by atoms with E-state index in [1.54, 1.807) is 72.8 Å². The van der Waals surface area contributed by atoms with Gasteiger partial charge in [0.25, 0.3) is 0 Å². The van der Waals surface area contributed by atoms with Crippen LogP contribution in [0.4, 0.5) is 0 Å². The average Bonchev–Trinajstić information content (AvgIpc) is 2.87. The van der Waals surface area contributed by atoms with Crippen molar-refractivity contribution in [1.29, 1.82) is 0 Å². The van der Waals surface area contributed by atoms with Crippen LogP contribution < -0.4 is 13.6 Å². The van der Waals surface area contributed by atoms with Crippen molar-refractivity contribution < 1.29 is 18.1 Å². The van der Waals surface area contributed by atoms with Gasteiger partial charge in [0.2, 0.25) is 0 Å². The topological polar surface area (TPSA) is 44.8 Å². The molecule has 0 atom stereocenters. The molecule has 5 rings (SSSR count). The van der Waals surface area contributed by atoms with Crippen molar-refractivity contribution in [3.05, 3.63) is 114 Å². The smallest absolute Gasteiger partial charge is 0.385 e. The highest BCUT2D eigenvalue weighted by Crippen LogP contribution is 2.51. The number of hydrogen-bond acceptors (Lipinski definition) is 4. The molecule has 0 aliphatic heterocycles. The summed E-state index contributed by atoms with van der Waals surface area (Å²) in [4.78, 5) is 0. The quantitative estimate of drug-likeness (QED) is 0.198. The van der Waals surface area contributed by atoms with Gasteiger partial charge in [-0.2, -0.15) is 4.57 Å². The maximum absolute atomic E-state index is 13.7. The fraction of sp³-hybridized carbons (Fsp3) is 0. The first-order chi connectivity index (χ1) is 17.0. The van der Waals surface area contributed by atoms with E-state index < -0.39 is 7.82 Å². The minimum absolute atomic E-state index is 0.162. The van der Waals surface area contributed by atoms with Gasteiger partial charge in [0.1, 0.15) is 17.2 Å². The van der Waals surface area contributed by atoms with Crippen LogP contribution in [0.2, 0.25) is 0 Å². The lowest BCUT2D eigenvalue weighted by Crippen LogP contribution is -2.09. The summed E-state index contributed by atoms with van der Waals surface area (Å²) in [5.41, 5.74) is 4.01. The lowest BCUT2D eigenvalue weighted by Gasteiger charge is -2.21. The van der Waals surface area contributed by atoms with Crippen LogP contribution in [0.1, 0.15) is 16.7 Å². The Morgan fingerprint density at radius 3 is 1.00 bits per heavy atom. The van der Waals surface area contributed by atoms with Crippen molar-refractivity contribution in [2.75, 3.05) is 0 Å². The summed E-state index contributed by atoms with van der Waals surface area (Å²) in [6.07, 6.45) is 16.5. The first-order valence-corrected chi connectivity index (χ1v) is 12.0. The van der Waals surface area contributed by atoms with Gasteiger partial charge in [-0.3, -0.25) is 0 Å². The van der Waals surface area contributed by atoms with Gasteiger partial charge in [-0.05, 0) is 47.5 Å². The standard InChI is InChI=1S/C24H15O4P.C6H4/c1-4-19-13-7-10-16-22(19)26-29(25,27-23-17-11-8-14-20(23)5-2)28-24-18-12-9-15-21(24)6-3;1-2-6-4-3-5(1)6/h1-3,7-18H;1-4H. The molecule has 0 radical (unpaired) electrons. The Balaban J connectivity index is 0.000000411. The van der Waals surface area contributed by atoms with Gasteiger partial charge in [0.15, 0.2) is 0 Å². The molecule has 168 valence electrons. The third-order valence-corrected chi connectivity index (χ3v) is 6.24. The monoisotopic (exact) mass is 474 g/mol. The number of terminal acetylenes is 3. The van der Waals surface area contributed by atoms with Crippen LogP contribution in [0.25, 0.3) is 11.1 Å². The van der Waals surface area contributed by atoms with Crippen LogP contribution in [-0.2, 0) is 4.57 Å². The predicted octanol–water partition coefficient (Wildman–Crippen LogP) is 6.94. The number of para-hydroxylation sites is 3. The Hall–Kier alpha value is -4.81. The molecule has 0 fully saturated rings. The zero-order chi connectivity index (χ0) is 24.7. The van der Waals surface area contributed by atoms with Crippen LogP contribution >= 0.6 is 7.82 Å². The van der Waals surface area contributed by atoms with E-state index in [0.29, 0.717) is 16.7 Å². The number of phosphoric ester groups is 1. The van der Waals surface area contributed by atoms with Crippen molar-refractivity contribution in [3.63, 3.8) is 0 Å². The molecule has 0 amide bonds. The predicted molar refractivity (Wildman–Crippen MR) is 138 cm³/mol. The van der Waals surface area contributed by atoms with Gasteiger partial charge in [-0.1, -0.05) is 78.4 Å². The second-order valence-electron chi connectivity index (χ2n) is 7.22. The van der Waals surface area contributed by atoms with E-state index in [2.05, 4.69) is 42.0 Å². The van der Waals surface area contributed by atoms with Gasteiger partial charge in [0, 0.05) is 0 Å². The molecule has 35 heavy (non-hydrogen) atoms. The Labute approximate surface area is 205 Å². The van der Waals surface area contributed by atoms with Gasteiger partial charge < -0.3 is 13.6 Å². The van der Waals surface area contributed by atoms with Crippen molar-refractivity contribution in [3.8, 4) is 65.4 Å². The average molecular weight is 474 g/mol. The van der Waals surface area contributed by atoms with Crippen LogP contribution in [0.3, 0.4) is 0 Å². The summed E-state index contributed by atoms with van der Waals surface area (Å²) < 4.78 is 30.6. The minimum Gasteiger partial charge on any atom is -0.385 e. The molecule has 3 aromatic carbocycles. The van der Waals surface area contributed by atoms with Crippen LogP contribution in [0.5, 0.6) is 17.2 Å². The van der Waals surface area contributed by atoms with Gasteiger partial charge in [-0.15, -0.1) is 19.3 Å². The molecule has 0 saturated heterocycles. The molecule has 0 bridgehead atoms. The summed E-state index contributed by atoms with van der Waals surface area (Å²) >= 11 is 0. The van der Waals surface area contributed by atoms with Gasteiger partial charge >= 0.3 is 7.82 Å². The highest BCUT2D eigenvalue weighted by molar-refractivity contribution is 7.49. The van der Waals surface area contributed by atoms with Crippen LogP contribution in [0, 0.1) is 37.0 Å². The van der Waals surface area contributed by atoms with Crippen molar-refractivity contribution in [2.24, 2.45) is 0 Å². The molecular weight excluding hydrogens is 455 g/mol. The summed E-state index contributed by atoms with van der Waals surface area (Å²) in [6.45, 7) is 0. The summed E-state index contributed by atoms with van der Waals surface area (Å²) in [5, 5.41) is 0. The molecule has 0 saturated carbocycles. The molecule has 0 heterocycles. The maximum atomic E-state index is 13.7. The van der Waals surface area contributed by atoms with Crippen LogP contribution in [-0.4, -0.2) is 0 Å². The highest BCUT2D eigenvalue weighted by atomic mass is 31.2. The van der Waals surface area contributed by atoms with E-state index in [1.165, 1.54) is 11.1 Å². The highest BCUT2D eigenvalue weighted by Gasteiger charge is 2.35. The number of benzene rings is 4. The van der Waals surface area contributed by atoms with Gasteiger partial charge in [-0.25, -0.2) is 0 Å². The molecule has 4 nitrogen and oxygen atoms in total. The molecular formula is C30H19O4P. The molecule has 0 aromatic heterocycles. The third-order valence-electron chi connectivity index (χ3n) is 4.98. The molecule has 2 aliphatic carbocycles. The summed E-state index contributed by atoms with van der Waals surface area (Å²) in [7, 11) is -4.29. The van der Waals surface area contributed by atoms with E-state index in [0.717, 1.165) is 0 Å². The van der Waals surface area contributed by atoms with E-state index in [4.69, 9.17) is 32.8 Å². The number of rotatable bonds is 6. The van der Waals surface area contributed by atoms with Crippen molar-refractivity contribution in [1.82, 2.24) is 0 Å². The SMILES string of the molecule is C#Cc1ccccc1OP(=O)(Oc1ccccc1C#C)Oc1ccccc1C#C.c1cc2ccc1-2. The molecule has 2 aliphatic rings. The molecule has 0 unspecified atom stereocenters. The molecule has 3 aromatic rings. The molecule has 0 spiro atoms. The maximum Gasteiger partial charge on any atom is 0.647 e. The zero-order valence-electron chi connectivity index (χ0n) is 18.5. The number of hydrogen-bond donors (Lipinski definition) is 0. The zero-order valence-corrected chi connectivity index (χ0v) is 19.4. The second-order valence-corrected chi connectivity index (χ2v) is 8.66. The third kappa shape index (κ3) is 5.40. The molecule has 0 N–H and O–H groups in total. The Morgan fingerprint density at radius 1 is 0.486 bits per heavy atom. The second kappa shape index (κ2) is 10.4. The lowest BCUT2D eigenvalue weighted by molar-refractivity contribution is 0.297. The largest absolute Gasteiger partial charge is 0.647 e. The van der Waals surface area contributed by atoms with E-state index in [9.17, 15) is 4.57 Å². The van der Waals surface area contributed by atoms with Crippen LogP contribution in [0.15, 0.2) is 97.1 Å². The summed E-state index contributed by atoms with van der Waals surface area (Å²) in [5.74, 6) is 7.89. The number of fused-ring (bicyclic) bond motifs is 1. The fourth-order valence-electron chi connectivity index (χ4n) is 3.08. The lowest BCUT2D eigenvalue weighted by atomic mass is 9.95. The normalized spacial score (nSPS) is 10.3. The minimum atomic E-state index is -4.29. The fourth-order valence-corrected chi connectivity index (χ4v) is 4.39. The van der Waals surface area contributed by atoms with Crippen molar-refractivity contribution in [2.45, 2.75) is 0 Å². The Morgan fingerprint density at radius 2 is 0.771 bits per heavy atom. The number of phosphoric acid groups is 1. The van der Waals surface area contributed by atoms with E-state index >= 15 is 0 Å². The van der Waals surface area contributed by atoms with Gasteiger partial charge in [0.05, 0.1) is 16.7 Å². The summed E-state index contributed by atoms with van der Waals surface area (Å²) in [6, 6.07) is 28.4. The van der Waals surface area contributed by atoms with E-state index in [-0.39, 0.29) is 17.2 Å². The van der Waals surface area contributed by atoms with E-state index in [1.807, 2.05) is 0 Å². The van der Waals surface area contributed by atoms with Crippen molar-refractivity contribution >= 4 is 7.82 Å². The first kappa shape index (κ1) is 23.4. The Kier molecular flexibility index (Phi) is 6.95. The first-order valence-electron chi connectivity index (χ1n) is 10.5. The molecule has 5 heteroatoms. The Bertz CT molecular complexity index is 1360.